The van der Waals surface area contributed by atoms with Gasteiger partial charge in [-0.2, -0.15) is 0 Å². The van der Waals surface area contributed by atoms with Gasteiger partial charge in [0, 0.05) is 6.42 Å². The Morgan fingerprint density at radius 2 is 2.00 bits per heavy atom. The minimum absolute atomic E-state index is 0.455. The van der Waals surface area contributed by atoms with Crippen molar-refractivity contribution in [2.24, 2.45) is 5.92 Å². The van der Waals surface area contributed by atoms with Crippen LogP contribution in [0.4, 0.5) is 0 Å². The number of hydrogen-bond acceptors (Lipinski definition) is 1. The van der Waals surface area contributed by atoms with Gasteiger partial charge >= 0.3 is 0 Å². The van der Waals surface area contributed by atoms with Gasteiger partial charge in [0.25, 0.3) is 0 Å². The zero-order chi connectivity index (χ0) is 12.3. The van der Waals surface area contributed by atoms with E-state index in [0.717, 1.165) is 25.7 Å². The molecule has 2 atom stereocenters. The van der Waals surface area contributed by atoms with Crippen LogP contribution >= 0.6 is 0 Å². The summed E-state index contributed by atoms with van der Waals surface area (Å²) in [6.45, 7) is 4.48. The van der Waals surface area contributed by atoms with Crippen LogP contribution in [0.5, 0.6) is 0 Å². The second-order valence-corrected chi connectivity index (χ2v) is 5.77. The molecule has 0 saturated carbocycles. The van der Waals surface area contributed by atoms with Gasteiger partial charge in [0.05, 0.1) is 5.60 Å². The number of hydrogen-bond donors (Lipinski definition) is 1. The fourth-order valence-electron chi connectivity index (χ4n) is 3.20. The average Bonchev–Trinajstić information content (AvgIpc) is 2.28. The lowest BCUT2D eigenvalue weighted by Gasteiger charge is -2.35. The molecule has 0 aromatic heterocycles. The molecule has 17 heavy (non-hydrogen) atoms. The zero-order valence-corrected chi connectivity index (χ0v) is 11.1. The highest BCUT2D eigenvalue weighted by molar-refractivity contribution is 5.31. The quantitative estimate of drug-likeness (QED) is 0.838. The molecule has 1 aromatic carbocycles. The Morgan fingerprint density at radius 3 is 2.71 bits per heavy atom. The molecule has 0 saturated heterocycles. The Bertz CT molecular complexity index is 372. The predicted octanol–water partition coefficient (Wildman–Crippen LogP) is 3.73. The molecule has 0 radical (unpaired) electrons. The van der Waals surface area contributed by atoms with Gasteiger partial charge in [-0.15, -0.1) is 0 Å². The third-order valence-corrected chi connectivity index (χ3v) is 4.01. The minimum Gasteiger partial charge on any atom is -0.390 e. The lowest BCUT2D eigenvalue weighted by Crippen LogP contribution is -2.37. The summed E-state index contributed by atoms with van der Waals surface area (Å²) in [6.07, 6.45) is 6.20. The van der Waals surface area contributed by atoms with E-state index in [1.165, 1.54) is 24.0 Å². The summed E-state index contributed by atoms with van der Waals surface area (Å²) in [6, 6.07) is 8.55. The van der Waals surface area contributed by atoms with E-state index < -0.39 is 5.60 Å². The summed E-state index contributed by atoms with van der Waals surface area (Å²) < 4.78 is 0. The van der Waals surface area contributed by atoms with E-state index in [1.54, 1.807) is 0 Å². The van der Waals surface area contributed by atoms with E-state index in [2.05, 4.69) is 38.1 Å². The van der Waals surface area contributed by atoms with Gasteiger partial charge in [-0.25, -0.2) is 0 Å². The summed E-state index contributed by atoms with van der Waals surface area (Å²) >= 11 is 0. The van der Waals surface area contributed by atoms with Crippen molar-refractivity contribution in [3.63, 3.8) is 0 Å². The van der Waals surface area contributed by atoms with Crippen molar-refractivity contribution in [2.45, 2.75) is 58.0 Å². The molecule has 0 bridgehead atoms. The van der Waals surface area contributed by atoms with Crippen LogP contribution in [0, 0.1) is 5.92 Å². The molecule has 1 N–H and O–H groups in total. The highest BCUT2D eigenvalue weighted by Crippen LogP contribution is 2.34. The fourth-order valence-corrected chi connectivity index (χ4v) is 3.20. The van der Waals surface area contributed by atoms with E-state index in [0.29, 0.717) is 5.92 Å². The number of aryl methyl sites for hydroxylation is 1. The Hall–Kier alpha value is -0.820. The first-order valence-corrected chi connectivity index (χ1v) is 6.92. The second kappa shape index (κ2) is 5.22. The van der Waals surface area contributed by atoms with E-state index in [-0.39, 0.29) is 0 Å². The molecule has 1 aliphatic carbocycles. The smallest absolute Gasteiger partial charge is 0.0693 e. The molecule has 2 unspecified atom stereocenters. The number of benzene rings is 1. The van der Waals surface area contributed by atoms with Crippen LogP contribution in [0.1, 0.15) is 50.7 Å². The van der Waals surface area contributed by atoms with Crippen molar-refractivity contribution in [2.75, 3.05) is 0 Å². The number of fused-ring (bicyclic) bond motifs is 1. The largest absolute Gasteiger partial charge is 0.390 e. The van der Waals surface area contributed by atoms with Crippen molar-refractivity contribution in [3.8, 4) is 0 Å². The predicted molar refractivity (Wildman–Crippen MR) is 72.1 cm³/mol. The normalized spacial score (nSPS) is 25.4. The lowest BCUT2D eigenvalue weighted by molar-refractivity contribution is 0.00365. The van der Waals surface area contributed by atoms with Gasteiger partial charge in [0.15, 0.2) is 0 Å². The van der Waals surface area contributed by atoms with Gasteiger partial charge in [-0.1, -0.05) is 51.0 Å². The molecule has 1 nitrogen and oxygen atoms in total. The molecule has 1 heteroatoms. The summed E-state index contributed by atoms with van der Waals surface area (Å²) in [4.78, 5) is 0. The molecule has 0 spiro atoms. The number of rotatable bonds is 4. The van der Waals surface area contributed by atoms with E-state index in [9.17, 15) is 5.11 Å². The maximum atomic E-state index is 10.7. The highest BCUT2D eigenvalue weighted by Gasteiger charge is 2.32. The first kappa shape index (κ1) is 12.6. The fraction of sp³-hybridized carbons (Fsp3) is 0.625. The molecule has 94 valence electrons. The molecular formula is C16H24O. The summed E-state index contributed by atoms with van der Waals surface area (Å²) in [5.41, 5.74) is 2.33. The lowest BCUT2D eigenvalue weighted by atomic mass is 9.75. The first-order chi connectivity index (χ1) is 8.13. The van der Waals surface area contributed by atoms with Crippen LogP contribution in [0.2, 0.25) is 0 Å². The summed E-state index contributed by atoms with van der Waals surface area (Å²) in [5.74, 6) is 0.635. The van der Waals surface area contributed by atoms with Crippen molar-refractivity contribution in [3.05, 3.63) is 35.4 Å². The van der Waals surface area contributed by atoms with Crippen LogP contribution in [0.15, 0.2) is 24.3 Å². The van der Waals surface area contributed by atoms with E-state index in [4.69, 9.17) is 0 Å². The van der Waals surface area contributed by atoms with E-state index >= 15 is 0 Å². The van der Waals surface area contributed by atoms with Gasteiger partial charge in [-0.3, -0.25) is 0 Å². The molecule has 0 heterocycles. The second-order valence-electron chi connectivity index (χ2n) is 5.77. The maximum Gasteiger partial charge on any atom is 0.0693 e. The maximum absolute atomic E-state index is 10.7. The molecule has 1 aromatic rings. The first-order valence-electron chi connectivity index (χ1n) is 6.92. The summed E-state index contributed by atoms with van der Waals surface area (Å²) in [5, 5.41) is 10.7. The third kappa shape index (κ3) is 3.10. The Labute approximate surface area is 105 Å². The Morgan fingerprint density at radius 1 is 1.29 bits per heavy atom. The topological polar surface area (TPSA) is 20.2 Å². The van der Waals surface area contributed by atoms with Crippen LogP contribution in [-0.2, 0) is 12.8 Å². The molecule has 1 aliphatic rings. The molecule has 0 amide bonds. The highest BCUT2D eigenvalue weighted by atomic mass is 16.3. The SMILES string of the molecule is CCCC(C)CC1(O)CCc2ccccc2C1. The molecule has 0 fully saturated rings. The van der Waals surface area contributed by atoms with Gasteiger partial charge in [-0.05, 0) is 36.3 Å². The minimum atomic E-state index is -0.455. The number of aliphatic hydroxyl groups is 1. The molecule has 2 rings (SSSR count). The standard InChI is InChI=1S/C16H24O/c1-3-6-13(2)11-16(17)10-9-14-7-4-5-8-15(14)12-16/h4-5,7-8,13,17H,3,6,9-12H2,1-2H3. The Kier molecular flexibility index (Phi) is 3.88. The van der Waals surface area contributed by atoms with Crippen molar-refractivity contribution in [1.82, 2.24) is 0 Å². The van der Waals surface area contributed by atoms with Crippen molar-refractivity contribution in [1.29, 1.82) is 0 Å². The summed E-state index contributed by atoms with van der Waals surface area (Å²) in [7, 11) is 0. The van der Waals surface area contributed by atoms with E-state index in [1.807, 2.05) is 0 Å². The molecular weight excluding hydrogens is 208 g/mol. The van der Waals surface area contributed by atoms with Crippen LogP contribution < -0.4 is 0 Å². The van der Waals surface area contributed by atoms with Crippen molar-refractivity contribution >= 4 is 0 Å². The van der Waals surface area contributed by atoms with Gasteiger partial charge in [0.1, 0.15) is 0 Å². The van der Waals surface area contributed by atoms with Crippen LogP contribution in [-0.4, -0.2) is 10.7 Å². The van der Waals surface area contributed by atoms with Crippen LogP contribution in [0.3, 0.4) is 0 Å². The monoisotopic (exact) mass is 232 g/mol. The van der Waals surface area contributed by atoms with Gasteiger partial charge < -0.3 is 5.11 Å². The molecule has 0 aliphatic heterocycles. The van der Waals surface area contributed by atoms with Crippen molar-refractivity contribution < 1.29 is 5.11 Å². The van der Waals surface area contributed by atoms with Crippen LogP contribution in [0.25, 0.3) is 0 Å². The average molecular weight is 232 g/mol. The third-order valence-electron chi connectivity index (χ3n) is 4.01. The van der Waals surface area contributed by atoms with Gasteiger partial charge in [0.2, 0.25) is 0 Å². The zero-order valence-electron chi connectivity index (χ0n) is 11.1. The Balaban J connectivity index is 2.05.